The molecule has 2 atom stereocenters. The standard InChI is InChI=1S/C26H28F4N6O3S/c1-35-11-10-21(19(27)14-35)32-20-4-3-5-22-18(20)12-23(36(22)15-26(28,29)30)25-33-24(39-34-25)13-31-16-6-8-17(9-7-16)40(2,37)38/h3-9,12,19,21,31-32H,10-11,13-15H2,1-2H3/t19-,21+/m0/s1. The predicted molar refractivity (Wildman–Crippen MR) is 143 cm³/mol. The summed E-state index contributed by atoms with van der Waals surface area (Å²) in [5.74, 6) is 0.0919. The minimum atomic E-state index is -4.52. The molecule has 3 heterocycles. The van der Waals surface area contributed by atoms with E-state index in [9.17, 15) is 26.0 Å². The molecule has 0 radical (unpaired) electrons. The van der Waals surface area contributed by atoms with Crippen molar-refractivity contribution in [3.8, 4) is 11.5 Å². The molecule has 0 unspecified atom stereocenters. The van der Waals surface area contributed by atoms with Crippen LogP contribution in [0.4, 0.5) is 28.9 Å². The summed E-state index contributed by atoms with van der Waals surface area (Å²) in [7, 11) is -1.49. The summed E-state index contributed by atoms with van der Waals surface area (Å²) < 4.78 is 85.2. The smallest absolute Gasteiger partial charge is 0.379 e. The van der Waals surface area contributed by atoms with Gasteiger partial charge in [0, 0.05) is 36.1 Å². The van der Waals surface area contributed by atoms with Crippen LogP contribution in [0.5, 0.6) is 0 Å². The fourth-order valence-electron chi connectivity index (χ4n) is 4.79. The number of anilines is 2. The summed E-state index contributed by atoms with van der Waals surface area (Å²) in [6.07, 6.45) is -3.98. The predicted octanol–water partition coefficient (Wildman–Crippen LogP) is 4.72. The van der Waals surface area contributed by atoms with Crippen LogP contribution in [0.1, 0.15) is 12.3 Å². The molecular formula is C26H28F4N6O3S. The van der Waals surface area contributed by atoms with E-state index in [0.717, 1.165) is 10.8 Å². The van der Waals surface area contributed by atoms with Gasteiger partial charge in [0.05, 0.1) is 28.7 Å². The number of alkyl halides is 4. The Kier molecular flexibility index (Phi) is 7.48. The van der Waals surface area contributed by atoms with Gasteiger partial charge >= 0.3 is 6.18 Å². The molecule has 2 N–H and O–H groups in total. The van der Waals surface area contributed by atoms with Crippen LogP contribution in [0.3, 0.4) is 0 Å². The zero-order valence-electron chi connectivity index (χ0n) is 21.7. The highest BCUT2D eigenvalue weighted by atomic mass is 32.2. The highest BCUT2D eigenvalue weighted by Crippen LogP contribution is 2.35. The summed E-state index contributed by atoms with van der Waals surface area (Å²) in [4.78, 5) is 6.36. The number of hydrogen-bond acceptors (Lipinski definition) is 8. The van der Waals surface area contributed by atoms with Gasteiger partial charge in [0.25, 0.3) is 0 Å². The topological polar surface area (TPSA) is 105 Å². The number of halogens is 4. The van der Waals surface area contributed by atoms with Gasteiger partial charge in [-0.15, -0.1) is 0 Å². The third-order valence-corrected chi connectivity index (χ3v) is 7.92. The van der Waals surface area contributed by atoms with Crippen LogP contribution in [0.15, 0.2) is 57.9 Å². The molecule has 2 aromatic heterocycles. The van der Waals surface area contributed by atoms with Gasteiger partial charge in [-0.1, -0.05) is 11.2 Å². The van der Waals surface area contributed by atoms with Crippen molar-refractivity contribution in [3.63, 3.8) is 0 Å². The fourth-order valence-corrected chi connectivity index (χ4v) is 5.42. The summed E-state index contributed by atoms with van der Waals surface area (Å²) in [5, 5.41) is 10.6. The number of nitrogens with one attached hydrogen (secondary N) is 2. The number of sulfone groups is 1. The Morgan fingerprint density at radius 2 is 1.90 bits per heavy atom. The first-order chi connectivity index (χ1) is 18.9. The quantitative estimate of drug-likeness (QED) is 0.289. The van der Waals surface area contributed by atoms with Gasteiger partial charge in [-0.2, -0.15) is 18.2 Å². The highest BCUT2D eigenvalue weighted by molar-refractivity contribution is 7.90. The van der Waals surface area contributed by atoms with Gasteiger partial charge in [-0.3, -0.25) is 0 Å². The molecule has 0 bridgehead atoms. The fraction of sp³-hybridized carbons (Fsp3) is 0.385. The van der Waals surface area contributed by atoms with Crippen LogP contribution in [-0.4, -0.2) is 72.8 Å². The maximum absolute atomic E-state index is 14.7. The van der Waals surface area contributed by atoms with Crippen molar-refractivity contribution < 1.29 is 30.5 Å². The summed E-state index contributed by atoms with van der Waals surface area (Å²) in [5.41, 5.74) is 1.53. The normalized spacial score (nSPS) is 18.8. The third-order valence-electron chi connectivity index (χ3n) is 6.79. The van der Waals surface area contributed by atoms with Gasteiger partial charge in [0.15, 0.2) is 9.84 Å². The average Bonchev–Trinajstić information content (AvgIpc) is 3.49. The molecule has 1 aliphatic rings. The van der Waals surface area contributed by atoms with Crippen LogP contribution >= 0.6 is 0 Å². The maximum atomic E-state index is 14.7. The number of likely N-dealkylation sites (tertiary alicyclic amines) is 1. The first-order valence-electron chi connectivity index (χ1n) is 12.5. The zero-order valence-corrected chi connectivity index (χ0v) is 22.6. The molecule has 2 aromatic carbocycles. The molecule has 1 fully saturated rings. The molecule has 5 rings (SSSR count). The minimum absolute atomic E-state index is 0.0294. The van der Waals surface area contributed by atoms with Gasteiger partial charge in [-0.05, 0) is 55.9 Å². The largest absolute Gasteiger partial charge is 0.406 e. The number of fused-ring (bicyclic) bond motifs is 1. The second-order valence-electron chi connectivity index (χ2n) is 9.95. The lowest BCUT2D eigenvalue weighted by atomic mass is 10.0. The van der Waals surface area contributed by atoms with E-state index in [1.807, 2.05) is 11.9 Å². The summed E-state index contributed by atoms with van der Waals surface area (Å²) in [6, 6.07) is 12.1. The number of rotatable bonds is 8. The van der Waals surface area contributed by atoms with Gasteiger partial charge < -0.3 is 24.6 Å². The Bertz CT molecular complexity index is 1600. The third kappa shape index (κ3) is 6.22. The first kappa shape index (κ1) is 27.9. The molecule has 4 aromatic rings. The zero-order chi connectivity index (χ0) is 28.7. The molecule has 214 valence electrons. The van der Waals surface area contributed by atoms with Crippen molar-refractivity contribution in [3.05, 3.63) is 54.4 Å². The van der Waals surface area contributed by atoms with Gasteiger partial charge in [-0.25, -0.2) is 12.8 Å². The number of benzene rings is 2. The van der Waals surface area contributed by atoms with Crippen LogP contribution < -0.4 is 10.6 Å². The van der Waals surface area contributed by atoms with Crippen molar-refractivity contribution in [1.29, 1.82) is 0 Å². The van der Waals surface area contributed by atoms with Crippen molar-refractivity contribution in [2.24, 2.45) is 0 Å². The van der Waals surface area contributed by atoms with E-state index in [2.05, 4.69) is 20.8 Å². The lowest BCUT2D eigenvalue weighted by Crippen LogP contribution is -2.46. The van der Waals surface area contributed by atoms with E-state index >= 15 is 0 Å². The van der Waals surface area contributed by atoms with Crippen LogP contribution in [0, 0.1) is 0 Å². The van der Waals surface area contributed by atoms with E-state index in [-0.39, 0.29) is 35.4 Å². The summed E-state index contributed by atoms with van der Waals surface area (Å²) in [6.45, 7) is -0.235. The number of nitrogens with zero attached hydrogens (tertiary/aromatic N) is 4. The van der Waals surface area contributed by atoms with E-state index < -0.39 is 34.8 Å². The van der Waals surface area contributed by atoms with E-state index in [4.69, 9.17) is 4.52 Å². The maximum Gasteiger partial charge on any atom is 0.406 e. The molecule has 0 aliphatic carbocycles. The Morgan fingerprint density at radius 3 is 2.58 bits per heavy atom. The van der Waals surface area contributed by atoms with Crippen LogP contribution in [0.2, 0.25) is 0 Å². The van der Waals surface area contributed by atoms with Crippen LogP contribution in [0.25, 0.3) is 22.4 Å². The lowest BCUT2D eigenvalue weighted by Gasteiger charge is -2.33. The van der Waals surface area contributed by atoms with Gasteiger partial charge in [0.2, 0.25) is 11.7 Å². The second kappa shape index (κ2) is 10.7. The van der Waals surface area contributed by atoms with Crippen LogP contribution in [-0.2, 0) is 22.9 Å². The first-order valence-corrected chi connectivity index (χ1v) is 14.4. The van der Waals surface area contributed by atoms with Crippen molar-refractivity contribution in [2.45, 2.75) is 42.8 Å². The Labute approximate surface area is 228 Å². The Balaban J connectivity index is 1.42. The molecule has 9 nitrogen and oxygen atoms in total. The van der Waals surface area contributed by atoms with Crippen molar-refractivity contribution in [2.75, 3.05) is 37.0 Å². The monoisotopic (exact) mass is 580 g/mol. The summed E-state index contributed by atoms with van der Waals surface area (Å²) >= 11 is 0. The molecule has 0 saturated carbocycles. The number of aromatic nitrogens is 3. The van der Waals surface area contributed by atoms with E-state index in [0.29, 0.717) is 35.2 Å². The van der Waals surface area contributed by atoms with E-state index in [1.165, 1.54) is 12.1 Å². The second-order valence-corrected chi connectivity index (χ2v) is 12.0. The molecule has 1 saturated heterocycles. The molecule has 14 heteroatoms. The number of piperidine rings is 1. The molecule has 40 heavy (non-hydrogen) atoms. The minimum Gasteiger partial charge on any atom is -0.379 e. The molecule has 1 aliphatic heterocycles. The van der Waals surface area contributed by atoms with Gasteiger partial charge in [0.1, 0.15) is 12.7 Å². The Morgan fingerprint density at radius 1 is 1.15 bits per heavy atom. The van der Waals surface area contributed by atoms with Crippen molar-refractivity contribution >= 4 is 32.1 Å². The molecule has 0 amide bonds. The Hall–Kier alpha value is -3.65. The lowest BCUT2D eigenvalue weighted by molar-refractivity contribution is -0.139. The van der Waals surface area contributed by atoms with E-state index in [1.54, 1.807) is 36.4 Å². The molecule has 0 spiro atoms. The number of hydrogen-bond donors (Lipinski definition) is 2. The highest BCUT2D eigenvalue weighted by Gasteiger charge is 2.32. The SMILES string of the molecule is CN1CC[C@@H](Nc2cccc3c2cc(-c2noc(CNc4ccc(S(C)(=O)=O)cc4)n2)n3CC(F)(F)F)[C@@H](F)C1. The van der Waals surface area contributed by atoms with Crippen molar-refractivity contribution in [1.82, 2.24) is 19.6 Å². The molecular weight excluding hydrogens is 552 g/mol. The average molecular weight is 581 g/mol.